The average molecular weight is 356 g/mol. The lowest BCUT2D eigenvalue weighted by molar-refractivity contribution is -0.115. The summed E-state index contributed by atoms with van der Waals surface area (Å²) in [7, 11) is 0. The molecule has 4 nitrogen and oxygen atoms in total. The zero-order valence-corrected chi connectivity index (χ0v) is 14.4. The summed E-state index contributed by atoms with van der Waals surface area (Å²) in [4.78, 5) is 12.7. The number of nitrogens with zero attached hydrogens (tertiary/aromatic N) is 1. The van der Waals surface area contributed by atoms with Crippen molar-refractivity contribution in [3.63, 3.8) is 0 Å². The maximum Gasteiger partial charge on any atom is 0.243 e. The molecule has 1 atom stereocenters. The largest absolute Gasteiger partial charge is 0.360 e. The van der Waals surface area contributed by atoms with Crippen LogP contribution in [0.1, 0.15) is 22.1 Å². The summed E-state index contributed by atoms with van der Waals surface area (Å²) in [5.74, 6) is 1.17. The molecule has 6 heteroatoms. The Bertz CT molecular complexity index is 834. The highest BCUT2D eigenvalue weighted by molar-refractivity contribution is 7.99. The molecule has 0 aliphatic carbocycles. The molecule has 3 rings (SSSR count). The number of hydrogen-bond acceptors (Lipinski definition) is 4. The zero-order chi connectivity index (χ0) is 17.6. The van der Waals surface area contributed by atoms with E-state index in [-0.39, 0.29) is 11.7 Å². The highest BCUT2D eigenvalue weighted by Crippen LogP contribution is 2.32. The van der Waals surface area contributed by atoms with Crippen molar-refractivity contribution < 1.29 is 13.7 Å². The second kappa shape index (κ2) is 7.98. The molecule has 1 amide bonds. The normalized spacial score (nSPS) is 11.9. The number of benzene rings is 2. The van der Waals surface area contributed by atoms with E-state index in [9.17, 15) is 9.18 Å². The van der Waals surface area contributed by atoms with Gasteiger partial charge in [0.05, 0.1) is 0 Å². The smallest absolute Gasteiger partial charge is 0.243 e. The van der Waals surface area contributed by atoms with Crippen LogP contribution in [0.15, 0.2) is 65.2 Å². The summed E-state index contributed by atoms with van der Waals surface area (Å²) in [6.45, 7) is 1.76. The first-order valence-corrected chi connectivity index (χ1v) is 8.82. The predicted octanol–water partition coefficient (Wildman–Crippen LogP) is 4.74. The molecule has 1 unspecified atom stereocenters. The number of aryl methyl sites for hydroxylation is 1. The lowest BCUT2D eigenvalue weighted by Crippen LogP contribution is -2.19. The van der Waals surface area contributed by atoms with Crippen LogP contribution in [0.2, 0.25) is 0 Å². The van der Waals surface area contributed by atoms with E-state index in [1.807, 2.05) is 30.3 Å². The van der Waals surface area contributed by atoms with E-state index in [1.54, 1.807) is 25.1 Å². The van der Waals surface area contributed by atoms with E-state index in [1.165, 1.54) is 23.9 Å². The second-order valence-corrected chi connectivity index (χ2v) is 6.63. The number of rotatable bonds is 6. The summed E-state index contributed by atoms with van der Waals surface area (Å²) < 4.78 is 18.0. The van der Waals surface area contributed by atoms with Gasteiger partial charge in [0.1, 0.15) is 16.8 Å². The lowest BCUT2D eigenvalue weighted by Gasteiger charge is -2.16. The number of amides is 1. The van der Waals surface area contributed by atoms with Gasteiger partial charge in [0.25, 0.3) is 0 Å². The summed E-state index contributed by atoms with van der Waals surface area (Å²) >= 11 is 1.47. The second-order valence-electron chi connectivity index (χ2n) is 5.54. The van der Waals surface area contributed by atoms with Crippen LogP contribution in [0.4, 0.5) is 10.2 Å². The van der Waals surface area contributed by atoms with E-state index in [0.717, 1.165) is 11.1 Å². The molecule has 0 fully saturated rings. The minimum absolute atomic E-state index is 0.174. The van der Waals surface area contributed by atoms with E-state index in [2.05, 4.69) is 10.5 Å². The van der Waals surface area contributed by atoms with Crippen LogP contribution >= 0.6 is 11.8 Å². The minimum atomic E-state index is -0.414. The Hall–Kier alpha value is -2.60. The summed E-state index contributed by atoms with van der Waals surface area (Å²) in [6.07, 6.45) is 0. The molecule has 0 saturated carbocycles. The molecule has 1 N–H and O–H groups in total. The quantitative estimate of drug-likeness (QED) is 0.693. The summed E-state index contributed by atoms with van der Waals surface area (Å²) in [5, 5.41) is 6.17. The van der Waals surface area contributed by atoms with E-state index in [0.29, 0.717) is 17.3 Å². The van der Waals surface area contributed by atoms with Crippen LogP contribution in [0.3, 0.4) is 0 Å². The van der Waals surface area contributed by atoms with Crippen LogP contribution in [-0.2, 0) is 10.5 Å². The fourth-order valence-electron chi connectivity index (χ4n) is 2.33. The average Bonchev–Trinajstić information content (AvgIpc) is 3.02. The lowest BCUT2D eigenvalue weighted by atomic mass is 10.1. The Morgan fingerprint density at radius 3 is 2.56 bits per heavy atom. The maximum absolute atomic E-state index is 13.0. The fourth-order valence-corrected chi connectivity index (χ4v) is 3.44. The topological polar surface area (TPSA) is 55.1 Å². The molecular weight excluding hydrogens is 339 g/mol. The van der Waals surface area contributed by atoms with Crippen LogP contribution in [0.5, 0.6) is 0 Å². The van der Waals surface area contributed by atoms with Gasteiger partial charge in [0.2, 0.25) is 5.91 Å². The van der Waals surface area contributed by atoms with Crippen LogP contribution in [0.25, 0.3) is 0 Å². The number of nitrogens with one attached hydrogen (secondary N) is 1. The van der Waals surface area contributed by atoms with Gasteiger partial charge in [0, 0.05) is 11.8 Å². The summed E-state index contributed by atoms with van der Waals surface area (Å²) in [5.41, 5.74) is 1.85. The molecule has 3 aromatic rings. The zero-order valence-electron chi connectivity index (χ0n) is 13.6. The molecule has 0 bridgehead atoms. The van der Waals surface area contributed by atoms with Gasteiger partial charge in [-0.25, -0.2) is 4.39 Å². The number of carbonyl (C=O) groups excluding carboxylic acids is 1. The molecule has 1 aromatic heterocycles. The molecule has 0 spiro atoms. The van der Waals surface area contributed by atoms with Crippen LogP contribution < -0.4 is 5.32 Å². The van der Waals surface area contributed by atoms with Gasteiger partial charge in [-0.1, -0.05) is 47.6 Å². The van der Waals surface area contributed by atoms with Crippen molar-refractivity contribution in [2.75, 3.05) is 5.32 Å². The van der Waals surface area contributed by atoms with Gasteiger partial charge in [-0.15, -0.1) is 11.8 Å². The van der Waals surface area contributed by atoms with Crippen molar-refractivity contribution in [3.05, 3.63) is 83.4 Å². The first kappa shape index (κ1) is 17.2. The molecule has 0 aliphatic heterocycles. The Morgan fingerprint density at radius 1 is 1.20 bits per heavy atom. The number of hydrogen-bond donors (Lipinski definition) is 1. The van der Waals surface area contributed by atoms with Crippen molar-refractivity contribution in [2.24, 2.45) is 0 Å². The maximum atomic E-state index is 13.0. The van der Waals surface area contributed by atoms with Gasteiger partial charge >= 0.3 is 0 Å². The molecule has 25 heavy (non-hydrogen) atoms. The van der Waals surface area contributed by atoms with Gasteiger partial charge in [-0.05, 0) is 30.2 Å². The van der Waals surface area contributed by atoms with Crippen LogP contribution in [-0.4, -0.2) is 11.1 Å². The highest BCUT2D eigenvalue weighted by Gasteiger charge is 2.22. The molecular formula is C19H17FN2O2S. The van der Waals surface area contributed by atoms with Crippen LogP contribution in [0, 0.1) is 12.7 Å². The molecule has 128 valence electrons. The Kier molecular flexibility index (Phi) is 5.50. The highest BCUT2D eigenvalue weighted by atomic mass is 32.2. The van der Waals surface area contributed by atoms with Gasteiger partial charge in [-0.2, -0.15) is 0 Å². The first-order chi connectivity index (χ1) is 12.1. The molecule has 0 saturated heterocycles. The number of halogens is 1. The molecule has 0 aliphatic rings. The Labute approximate surface area is 149 Å². The summed E-state index contributed by atoms with van der Waals surface area (Å²) in [6, 6.07) is 17.5. The van der Waals surface area contributed by atoms with Crippen molar-refractivity contribution in [3.8, 4) is 0 Å². The predicted molar refractivity (Wildman–Crippen MR) is 96.7 cm³/mol. The Balaban J connectivity index is 1.75. The van der Waals surface area contributed by atoms with Gasteiger partial charge in [0.15, 0.2) is 5.82 Å². The number of carbonyl (C=O) groups is 1. The van der Waals surface area contributed by atoms with E-state index >= 15 is 0 Å². The third-order valence-corrected chi connectivity index (χ3v) is 4.87. The van der Waals surface area contributed by atoms with Crippen molar-refractivity contribution in [2.45, 2.75) is 17.9 Å². The Morgan fingerprint density at radius 2 is 1.92 bits per heavy atom. The number of aromatic nitrogens is 1. The van der Waals surface area contributed by atoms with Crippen molar-refractivity contribution in [1.82, 2.24) is 5.16 Å². The van der Waals surface area contributed by atoms with Gasteiger partial charge in [-0.3, -0.25) is 4.79 Å². The standard InChI is InChI=1S/C19H17FN2O2S/c1-13-11-17(22-24-13)21-19(23)18(15-5-3-2-4-6-15)25-12-14-7-9-16(20)10-8-14/h2-11,18H,12H2,1H3,(H,21,22,23). The molecule has 0 radical (unpaired) electrons. The monoisotopic (exact) mass is 356 g/mol. The SMILES string of the molecule is Cc1cc(NC(=O)C(SCc2ccc(F)cc2)c2ccccc2)no1. The number of thioether (sulfide) groups is 1. The van der Waals surface area contributed by atoms with Crippen molar-refractivity contribution >= 4 is 23.5 Å². The third kappa shape index (κ3) is 4.70. The molecule has 2 aromatic carbocycles. The third-order valence-electron chi connectivity index (χ3n) is 3.55. The van der Waals surface area contributed by atoms with E-state index in [4.69, 9.17) is 4.52 Å². The molecule has 1 heterocycles. The minimum Gasteiger partial charge on any atom is -0.360 e. The first-order valence-electron chi connectivity index (χ1n) is 7.77. The van der Waals surface area contributed by atoms with Gasteiger partial charge < -0.3 is 9.84 Å². The number of anilines is 1. The van der Waals surface area contributed by atoms with Crippen molar-refractivity contribution in [1.29, 1.82) is 0 Å². The fraction of sp³-hybridized carbons (Fsp3) is 0.158. The van der Waals surface area contributed by atoms with E-state index < -0.39 is 5.25 Å².